The molecule has 2 rings (SSSR count). The lowest BCUT2D eigenvalue weighted by molar-refractivity contribution is 0.414. The second kappa shape index (κ2) is 6.42. The van der Waals surface area contributed by atoms with E-state index in [2.05, 4.69) is 65.4 Å². The molecule has 20 heavy (non-hydrogen) atoms. The molecule has 2 aromatic rings. The van der Waals surface area contributed by atoms with Crippen LogP contribution in [0.3, 0.4) is 0 Å². The molecule has 3 heteroatoms. The van der Waals surface area contributed by atoms with Gasteiger partial charge in [-0.2, -0.15) is 0 Å². The maximum Gasteiger partial charge on any atom is 0.119 e. The Morgan fingerprint density at radius 3 is 2.40 bits per heavy atom. The van der Waals surface area contributed by atoms with E-state index in [9.17, 15) is 0 Å². The Morgan fingerprint density at radius 2 is 1.85 bits per heavy atom. The molecule has 1 unspecified atom stereocenters. The minimum absolute atomic E-state index is 0.178. The first-order chi connectivity index (χ1) is 9.55. The highest BCUT2D eigenvalue weighted by atomic mass is 79.9. The van der Waals surface area contributed by atoms with Gasteiger partial charge in [0.25, 0.3) is 0 Å². The van der Waals surface area contributed by atoms with Crippen LogP contribution in [0.2, 0.25) is 0 Å². The molecule has 0 aromatic heterocycles. The van der Waals surface area contributed by atoms with Crippen LogP contribution in [0.1, 0.15) is 28.3 Å². The van der Waals surface area contributed by atoms with Crippen LogP contribution in [0, 0.1) is 13.8 Å². The van der Waals surface area contributed by atoms with Crippen LogP contribution in [0.5, 0.6) is 5.75 Å². The fourth-order valence-electron chi connectivity index (χ4n) is 2.53. The van der Waals surface area contributed by atoms with Gasteiger partial charge in [0.1, 0.15) is 5.75 Å². The molecular weight excluding hydrogens is 314 g/mol. The van der Waals surface area contributed by atoms with Crippen LogP contribution in [0.4, 0.5) is 0 Å². The molecule has 0 radical (unpaired) electrons. The summed E-state index contributed by atoms with van der Waals surface area (Å²) in [6.07, 6.45) is 0. The molecular formula is C17H20BrNO. The van der Waals surface area contributed by atoms with Crippen LogP contribution in [0.15, 0.2) is 40.9 Å². The number of hydrogen-bond donors (Lipinski definition) is 1. The summed E-state index contributed by atoms with van der Waals surface area (Å²) in [6.45, 7) is 4.23. The summed E-state index contributed by atoms with van der Waals surface area (Å²) in [5.41, 5.74) is 5.00. The summed E-state index contributed by atoms with van der Waals surface area (Å²) in [4.78, 5) is 0. The fourth-order valence-corrected chi connectivity index (χ4v) is 3.16. The van der Waals surface area contributed by atoms with E-state index < -0.39 is 0 Å². The molecule has 0 saturated heterocycles. The molecule has 1 N–H and O–H groups in total. The lowest BCUT2D eigenvalue weighted by Gasteiger charge is -2.21. The van der Waals surface area contributed by atoms with Gasteiger partial charge in [-0.15, -0.1) is 0 Å². The van der Waals surface area contributed by atoms with Crippen LogP contribution >= 0.6 is 15.9 Å². The van der Waals surface area contributed by atoms with E-state index in [1.807, 2.05) is 13.1 Å². The zero-order valence-corrected chi connectivity index (χ0v) is 13.9. The van der Waals surface area contributed by atoms with Crippen molar-refractivity contribution >= 4 is 15.9 Å². The summed E-state index contributed by atoms with van der Waals surface area (Å²) >= 11 is 3.58. The van der Waals surface area contributed by atoms with Gasteiger partial charge in [0, 0.05) is 4.47 Å². The van der Waals surface area contributed by atoms with Crippen molar-refractivity contribution in [3.05, 3.63) is 63.1 Å². The molecule has 0 amide bonds. The van der Waals surface area contributed by atoms with Crippen molar-refractivity contribution in [3.8, 4) is 5.75 Å². The number of aryl methyl sites for hydroxylation is 2. The highest BCUT2D eigenvalue weighted by molar-refractivity contribution is 9.10. The van der Waals surface area contributed by atoms with Gasteiger partial charge in [-0.1, -0.05) is 28.1 Å². The number of hydrogen-bond acceptors (Lipinski definition) is 2. The average Bonchev–Trinajstić information content (AvgIpc) is 2.40. The average molecular weight is 334 g/mol. The van der Waals surface area contributed by atoms with Gasteiger partial charge in [0.05, 0.1) is 13.2 Å². The van der Waals surface area contributed by atoms with E-state index in [0.29, 0.717) is 0 Å². The predicted octanol–water partition coefficient (Wildman–Crippen LogP) is 4.38. The van der Waals surface area contributed by atoms with Crippen molar-refractivity contribution in [1.29, 1.82) is 0 Å². The molecule has 2 nitrogen and oxygen atoms in total. The van der Waals surface area contributed by atoms with Crippen molar-refractivity contribution in [3.63, 3.8) is 0 Å². The molecule has 0 aliphatic heterocycles. The molecule has 0 fully saturated rings. The third-order valence-corrected chi connectivity index (χ3v) is 3.93. The second-order valence-electron chi connectivity index (χ2n) is 5.01. The van der Waals surface area contributed by atoms with Crippen LogP contribution in [-0.4, -0.2) is 14.2 Å². The molecule has 0 spiro atoms. The third-order valence-electron chi connectivity index (χ3n) is 3.47. The molecule has 0 saturated carbocycles. The monoisotopic (exact) mass is 333 g/mol. The predicted molar refractivity (Wildman–Crippen MR) is 87.5 cm³/mol. The Bertz CT molecular complexity index is 590. The quantitative estimate of drug-likeness (QED) is 0.896. The Hall–Kier alpha value is -1.32. The Balaban J connectivity index is 2.46. The number of rotatable bonds is 4. The molecule has 0 bridgehead atoms. The minimum atomic E-state index is 0.178. The van der Waals surface area contributed by atoms with Crippen LogP contribution in [-0.2, 0) is 0 Å². The van der Waals surface area contributed by atoms with E-state index in [1.54, 1.807) is 7.11 Å². The number of nitrogens with one attached hydrogen (secondary N) is 1. The van der Waals surface area contributed by atoms with E-state index in [4.69, 9.17) is 4.74 Å². The van der Waals surface area contributed by atoms with Gasteiger partial charge < -0.3 is 10.1 Å². The zero-order valence-electron chi connectivity index (χ0n) is 12.3. The second-order valence-corrected chi connectivity index (χ2v) is 5.92. The van der Waals surface area contributed by atoms with Crippen LogP contribution < -0.4 is 10.1 Å². The van der Waals surface area contributed by atoms with E-state index >= 15 is 0 Å². The summed E-state index contributed by atoms with van der Waals surface area (Å²) in [5.74, 6) is 0.895. The maximum absolute atomic E-state index is 5.28. The smallest absolute Gasteiger partial charge is 0.119 e. The van der Waals surface area contributed by atoms with Gasteiger partial charge in [0.15, 0.2) is 0 Å². The topological polar surface area (TPSA) is 21.3 Å². The first-order valence-corrected chi connectivity index (χ1v) is 7.43. The van der Waals surface area contributed by atoms with E-state index in [-0.39, 0.29) is 6.04 Å². The Morgan fingerprint density at radius 1 is 1.10 bits per heavy atom. The van der Waals surface area contributed by atoms with Crippen molar-refractivity contribution in [2.24, 2.45) is 0 Å². The highest BCUT2D eigenvalue weighted by Crippen LogP contribution is 2.29. The largest absolute Gasteiger partial charge is 0.497 e. The molecule has 1 atom stereocenters. The van der Waals surface area contributed by atoms with Gasteiger partial charge in [-0.3, -0.25) is 0 Å². The summed E-state index contributed by atoms with van der Waals surface area (Å²) in [7, 11) is 3.69. The minimum Gasteiger partial charge on any atom is -0.497 e. The zero-order chi connectivity index (χ0) is 14.7. The van der Waals surface area contributed by atoms with Gasteiger partial charge >= 0.3 is 0 Å². The van der Waals surface area contributed by atoms with Gasteiger partial charge in [-0.05, 0) is 67.4 Å². The van der Waals surface area contributed by atoms with Crippen LogP contribution in [0.25, 0.3) is 0 Å². The normalized spacial score (nSPS) is 12.2. The fraction of sp³-hybridized carbons (Fsp3) is 0.294. The first-order valence-electron chi connectivity index (χ1n) is 6.64. The van der Waals surface area contributed by atoms with Crippen molar-refractivity contribution in [1.82, 2.24) is 5.32 Å². The van der Waals surface area contributed by atoms with Crippen molar-refractivity contribution in [2.75, 3.05) is 14.2 Å². The number of ether oxygens (including phenoxy) is 1. The summed E-state index contributed by atoms with van der Waals surface area (Å²) < 4.78 is 6.39. The molecule has 0 aliphatic rings. The maximum atomic E-state index is 5.28. The molecule has 0 heterocycles. The van der Waals surface area contributed by atoms with Crippen molar-refractivity contribution < 1.29 is 4.74 Å². The van der Waals surface area contributed by atoms with E-state index in [1.165, 1.54) is 22.3 Å². The van der Waals surface area contributed by atoms with Gasteiger partial charge in [0.2, 0.25) is 0 Å². The number of halogens is 1. The lowest BCUT2D eigenvalue weighted by atomic mass is 9.94. The third kappa shape index (κ3) is 3.22. The number of methoxy groups -OCH3 is 1. The SMILES string of the molecule is CNC(c1cc(C)cc(Br)c1)c1ccc(OC)cc1C. The molecule has 0 aliphatic carbocycles. The Labute approximate surface area is 129 Å². The molecule has 2 aromatic carbocycles. The first kappa shape index (κ1) is 15.1. The van der Waals surface area contributed by atoms with Crippen molar-refractivity contribution in [2.45, 2.75) is 19.9 Å². The summed E-state index contributed by atoms with van der Waals surface area (Å²) in [5, 5.41) is 3.41. The highest BCUT2D eigenvalue weighted by Gasteiger charge is 2.15. The Kier molecular flexibility index (Phi) is 4.84. The van der Waals surface area contributed by atoms with E-state index in [0.717, 1.165) is 10.2 Å². The molecule has 106 valence electrons. The lowest BCUT2D eigenvalue weighted by Crippen LogP contribution is -2.18. The number of benzene rings is 2. The standard InChI is InChI=1S/C17H20BrNO/c1-11-7-13(10-14(18)8-11)17(19-3)16-6-5-15(20-4)9-12(16)2/h5-10,17,19H,1-4H3. The van der Waals surface area contributed by atoms with Gasteiger partial charge in [-0.25, -0.2) is 0 Å². The summed E-state index contributed by atoms with van der Waals surface area (Å²) in [6, 6.07) is 12.9.